The SMILES string of the molecule is CCCC(CC)NC(=O)N[C@H](C(=O)O)[C@@H](C)CC. The summed E-state index contributed by atoms with van der Waals surface area (Å²) in [7, 11) is 0. The highest BCUT2D eigenvalue weighted by Crippen LogP contribution is 2.08. The van der Waals surface area contributed by atoms with Crippen molar-refractivity contribution in [3.8, 4) is 0 Å². The van der Waals surface area contributed by atoms with Crippen molar-refractivity contribution >= 4 is 12.0 Å². The fourth-order valence-electron chi connectivity index (χ4n) is 1.78. The molecule has 0 aliphatic rings. The van der Waals surface area contributed by atoms with Crippen LogP contribution in [-0.2, 0) is 4.79 Å². The van der Waals surface area contributed by atoms with Crippen LogP contribution in [0.1, 0.15) is 53.4 Å². The Kier molecular flexibility index (Phi) is 8.16. The van der Waals surface area contributed by atoms with Crippen molar-refractivity contribution in [1.29, 1.82) is 0 Å². The molecule has 106 valence electrons. The van der Waals surface area contributed by atoms with Gasteiger partial charge in [-0.25, -0.2) is 9.59 Å². The molecule has 3 atom stereocenters. The largest absolute Gasteiger partial charge is 0.480 e. The number of hydrogen-bond donors (Lipinski definition) is 3. The van der Waals surface area contributed by atoms with Gasteiger partial charge in [-0.3, -0.25) is 0 Å². The monoisotopic (exact) mass is 258 g/mol. The van der Waals surface area contributed by atoms with Gasteiger partial charge in [-0.2, -0.15) is 0 Å². The zero-order valence-corrected chi connectivity index (χ0v) is 11.8. The molecule has 2 amide bonds. The minimum Gasteiger partial charge on any atom is -0.480 e. The van der Waals surface area contributed by atoms with Crippen molar-refractivity contribution in [2.75, 3.05) is 0 Å². The lowest BCUT2D eigenvalue weighted by molar-refractivity contribution is -0.140. The Morgan fingerprint density at radius 2 is 1.72 bits per heavy atom. The number of carboxylic acid groups (broad SMARTS) is 1. The van der Waals surface area contributed by atoms with Gasteiger partial charge in [-0.15, -0.1) is 0 Å². The van der Waals surface area contributed by atoms with Crippen molar-refractivity contribution in [3.63, 3.8) is 0 Å². The van der Waals surface area contributed by atoms with Crippen LogP contribution in [0.3, 0.4) is 0 Å². The first kappa shape index (κ1) is 16.7. The summed E-state index contributed by atoms with van der Waals surface area (Å²) in [5.41, 5.74) is 0. The molecule has 0 aromatic carbocycles. The average Bonchev–Trinajstić information content (AvgIpc) is 2.34. The lowest BCUT2D eigenvalue weighted by Gasteiger charge is -2.22. The summed E-state index contributed by atoms with van der Waals surface area (Å²) in [5, 5.41) is 14.4. The molecule has 0 saturated heterocycles. The number of hydrogen-bond acceptors (Lipinski definition) is 2. The predicted octanol–water partition coefficient (Wildman–Crippen LogP) is 2.36. The van der Waals surface area contributed by atoms with E-state index in [0.717, 1.165) is 19.3 Å². The molecule has 5 nitrogen and oxygen atoms in total. The van der Waals surface area contributed by atoms with Gasteiger partial charge >= 0.3 is 12.0 Å². The van der Waals surface area contributed by atoms with E-state index in [0.29, 0.717) is 6.42 Å². The quantitative estimate of drug-likeness (QED) is 0.625. The molecule has 0 aromatic heterocycles. The van der Waals surface area contributed by atoms with Gasteiger partial charge in [0.05, 0.1) is 0 Å². The smallest absolute Gasteiger partial charge is 0.326 e. The fraction of sp³-hybridized carbons (Fsp3) is 0.846. The fourth-order valence-corrected chi connectivity index (χ4v) is 1.78. The Morgan fingerprint density at radius 1 is 1.11 bits per heavy atom. The maximum absolute atomic E-state index is 11.7. The van der Waals surface area contributed by atoms with Crippen LogP contribution in [0, 0.1) is 5.92 Å². The molecular formula is C13H26N2O3. The number of carboxylic acids is 1. The number of rotatable bonds is 8. The molecule has 0 bridgehead atoms. The number of aliphatic carboxylic acids is 1. The second-order valence-corrected chi connectivity index (χ2v) is 4.71. The lowest BCUT2D eigenvalue weighted by atomic mass is 9.99. The number of nitrogens with one attached hydrogen (secondary N) is 2. The Hall–Kier alpha value is -1.26. The van der Waals surface area contributed by atoms with Crippen LogP contribution in [0.25, 0.3) is 0 Å². The zero-order chi connectivity index (χ0) is 14.1. The van der Waals surface area contributed by atoms with Crippen molar-refractivity contribution in [1.82, 2.24) is 10.6 Å². The van der Waals surface area contributed by atoms with E-state index < -0.39 is 12.0 Å². The number of amides is 2. The van der Waals surface area contributed by atoms with Crippen LogP contribution in [0.2, 0.25) is 0 Å². The second kappa shape index (κ2) is 8.78. The van der Waals surface area contributed by atoms with E-state index in [2.05, 4.69) is 17.6 Å². The number of urea groups is 1. The molecule has 0 aromatic rings. The summed E-state index contributed by atoms with van der Waals surface area (Å²) in [6.45, 7) is 7.79. The van der Waals surface area contributed by atoms with Crippen molar-refractivity contribution in [3.05, 3.63) is 0 Å². The predicted molar refractivity (Wildman–Crippen MR) is 71.5 cm³/mol. The molecule has 0 radical (unpaired) electrons. The summed E-state index contributed by atoms with van der Waals surface area (Å²) in [6, 6.07) is -1.10. The van der Waals surface area contributed by atoms with Gasteiger partial charge in [-0.1, -0.05) is 40.5 Å². The highest BCUT2D eigenvalue weighted by atomic mass is 16.4. The van der Waals surface area contributed by atoms with Crippen LogP contribution in [0.4, 0.5) is 4.79 Å². The summed E-state index contributed by atoms with van der Waals surface area (Å²) < 4.78 is 0. The Bertz CT molecular complexity index is 269. The van der Waals surface area contributed by atoms with Gasteiger partial charge in [0.1, 0.15) is 6.04 Å². The topological polar surface area (TPSA) is 78.4 Å². The standard InChI is InChI=1S/C13H26N2O3/c1-5-8-10(7-3)14-13(18)15-11(12(16)17)9(4)6-2/h9-11H,5-8H2,1-4H3,(H,16,17)(H2,14,15,18)/t9-,10?,11-/m0/s1. The Balaban J connectivity index is 4.37. The van der Waals surface area contributed by atoms with Crippen LogP contribution >= 0.6 is 0 Å². The molecule has 3 N–H and O–H groups in total. The normalized spacial score (nSPS) is 15.6. The van der Waals surface area contributed by atoms with Crippen LogP contribution in [0.15, 0.2) is 0 Å². The molecule has 0 rings (SSSR count). The van der Waals surface area contributed by atoms with Crippen molar-refractivity contribution < 1.29 is 14.7 Å². The van der Waals surface area contributed by atoms with E-state index >= 15 is 0 Å². The summed E-state index contributed by atoms with van der Waals surface area (Å²) >= 11 is 0. The maximum Gasteiger partial charge on any atom is 0.326 e. The average molecular weight is 258 g/mol. The van der Waals surface area contributed by atoms with Crippen molar-refractivity contribution in [2.45, 2.75) is 65.5 Å². The first-order valence-corrected chi connectivity index (χ1v) is 6.75. The zero-order valence-electron chi connectivity index (χ0n) is 11.8. The maximum atomic E-state index is 11.7. The molecule has 0 aliphatic carbocycles. The molecule has 5 heteroatoms. The van der Waals surface area contributed by atoms with Crippen LogP contribution < -0.4 is 10.6 Å². The van der Waals surface area contributed by atoms with E-state index in [1.54, 1.807) is 0 Å². The highest BCUT2D eigenvalue weighted by Gasteiger charge is 2.25. The molecule has 0 heterocycles. The van der Waals surface area contributed by atoms with E-state index in [1.807, 2.05) is 20.8 Å². The molecular weight excluding hydrogens is 232 g/mol. The first-order valence-electron chi connectivity index (χ1n) is 6.75. The van der Waals surface area contributed by atoms with E-state index in [9.17, 15) is 9.59 Å². The molecule has 0 fully saturated rings. The number of carbonyl (C=O) groups excluding carboxylic acids is 1. The van der Waals surface area contributed by atoms with Crippen LogP contribution in [0.5, 0.6) is 0 Å². The van der Waals surface area contributed by atoms with Gasteiger partial charge in [0.2, 0.25) is 0 Å². The van der Waals surface area contributed by atoms with E-state index in [4.69, 9.17) is 5.11 Å². The van der Waals surface area contributed by atoms with E-state index in [1.165, 1.54) is 0 Å². The van der Waals surface area contributed by atoms with Gasteiger partial charge in [0.15, 0.2) is 0 Å². The van der Waals surface area contributed by atoms with Gasteiger partial charge < -0.3 is 15.7 Å². The summed E-state index contributed by atoms with van der Waals surface area (Å²) in [4.78, 5) is 22.8. The lowest BCUT2D eigenvalue weighted by Crippen LogP contribution is -2.51. The number of carbonyl (C=O) groups is 2. The highest BCUT2D eigenvalue weighted by molar-refractivity contribution is 5.82. The minimum absolute atomic E-state index is 0.0838. The second-order valence-electron chi connectivity index (χ2n) is 4.71. The molecule has 0 saturated carbocycles. The molecule has 0 aliphatic heterocycles. The molecule has 1 unspecified atom stereocenters. The first-order chi connectivity index (χ1) is 8.46. The van der Waals surface area contributed by atoms with Gasteiger partial charge in [0, 0.05) is 6.04 Å². The third-order valence-electron chi connectivity index (χ3n) is 3.23. The third-order valence-corrected chi connectivity index (χ3v) is 3.23. The van der Waals surface area contributed by atoms with Gasteiger partial charge in [0.25, 0.3) is 0 Å². The van der Waals surface area contributed by atoms with Gasteiger partial charge in [-0.05, 0) is 18.8 Å². The molecule has 0 spiro atoms. The summed E-state index contributed by atoms with van der Waals surface area (Å²) in [5.74, 6) is -1.07. The van der Waals surface area contributed by atoms with E-state index in [-0.39, 0.29) is 18.0 Å². The Morgan fingerprint density at radius 3 is 2.11 bits per heavy atom. The Labute approximate surface area is 109 Å². The third kappa shape index (κ3) is 5.89. The minimum atomic E-state index is -0.983. The van der Waals surface area contributed by atoms with Crippen LogP contribution in [-0.4, -0.2) is 29.2 Å². The molecule has 18 heavy (non-hydrogen) atoms. The summed E-state index contributed by atoms with van der Waals surface area (Å²) in [6.07, 6.45) is 3.46. The van der Waals surface area contributed by atoms with Crippen molar-refractivity contribution in [2.24, 2.45) is 5.92 Å².